The van der Waals surface area contributed by atoms with E-state index in [1.165, 1.54) is 12.8 Å². The summed E-state index contributed by atoms with van der Waals surface area (Å²) in [4.78, 5) is 12.7. The molecule has 1 heterocycles. The van der Waals surface area contributed by atoms with Crippen molar-refractivity contribution in [3.63, 3.8) is 0 Å². The first kappa shape index (κ1) is 12.6. The van der Waals surface area contributed by atoms with E-state index in [1.54, 1.807) is 4.90 Å². The molecule has 0 aromatic rings. The van der Waals surface area contributed by atoms with Crippen molar-refractivity contribution in [2.75, 3.05) is 26.2 Å². The standard InChI is InChI=1S/C12H23N3O2/c13-11(17)15-6-1-10(2-7-15)14-9-12(3-4-12)5-8-16/h10,14,16H,1-9H2,(H2,13,17). The van der Waals surface area contributed by atoms with Gasteiger partial charge in [-0.1, -0.05) is 0 Å². The maximum atomic E-state index is 11.0. The molecule has 17 heavy (non-hydrogen) atoms. The van der Waals surface area contributed by atoms with Gasteiger partial charge in [0, 0.05) is 32.3 Å². The third-order valence-corrected chi connectivity index (χ3v) is 4.17. The number of nitrogens with two attached hydrogens (primary N) is 1. The number of piperidine rings is 1. The molecular weight excluding hydrogens is 218 g/mol. The fourth-order valence-electron chi connectivity index (χ4n) is 2.59. The highest BCUT2D eigenvalue weighted by atomic mass is 16.3. The van der Waals surface area contributed by atoms with Crippen LogP contribution in [0, 0.1) is 5.41 Å². The van der Waals surface area contributed by atoms with E-state index < -0.39 is 0 Å². The summed E-state index contributed by atoms with van der Waals surface area (Å²) in [5.41, 5.74) is 5.61. The fourth-order valence-corrected chi connectivity index (χ4v) is 2.59. The predicted octanol–water partition coefficient (Wildman–Crippen LogP) is 0.282. The summed E-state index contributed by atoms with van der Waals surface area (Å²) in [6.45, 7) is 2.83. The Balaban J connectivity index is 1.67. The Hall–Kier alpha value is -0.810. The van der Waals surface area contributed by atoms with Crippen molar-refractivity contribution in [2.45, 2.75) is 38.1 Å². The van der Waals surface area contributed by atoms with Gasteiger partial charge >= 0.3 is 6.03 Å². The first-order valence-electron chi connectivity index (χ1n) is 6.54. The van der Waals surface area contributed by atoms with E-state index in [4.69, 9.17) is 10.8 Å². The molecule has 1 aliphatic carbocycles. The summed E-state index contributed by atoms with van der Waals surface area (Å²) in [6, 6.07) is 0.198. The van der Waals surface area contributed by atoms with Crippen LogP contribution in [0.5, 0.6) is 0 Å². The van der Waals surface area contributed by atoms with Gasteiger partial charge in [-0.2, -0.15) is 0 Å². The van der Waals surface area contributed by atoms with E-state index in [2.05, 4.69) is 5.32 Å². The molecule has 0 radical (unpaired) electrons. The molecule has 2 rings (SSSR count). The van der Waals surface area contributed by atoms with Crippen LogP contribution in [-0.4, -0.2) is 48.3 Å². The minimum atomic E-state index is -0.303. The number of likely N-dealkylation sites (tertiary alicyclic amines) is 1. The van der Waals surface area contributed by atoms with Crippen LogP contribution >= 0.6 is 0 Å². The Labute approximate surface area is 102 Å². The number of nitrogens with zero attached hydrogens (tertiary/aromatic N) is 1. The number of carbonyl (C=O) groups is 1. The van der Waals surface area contributed by atoms with Crippen molar-refractivity contribution in [1.29, 1.82) is 0 Å². The minimum Gasteiger partial charge on any atom is -0.396 e. The second-order valence-corrected chi connectivity index (χ2v) is 5.45. The second kappa shape index (κ2) is 5.23. The molecule has 0 unspecified atom stereocenters. The Morgan fingerprint density at radius 2 is 2.06 bits per heavy atom. The van der Waals surface area contributed by atoms with Gasteiger partial charge in [0.15, 0.2) is 0 Å². The van der Waals surface area contributed by atoms with Gasteiger partial charge in [-0.15, -0.1) is 0 Å². The third kappa shape index (κ3) is 3.33. The van der Waals surface area contributed by atoms with Crippen LogP contribution in [0.25, 0.3) is 0 Å². The zero-order valence-corrected chi connectivity index (χ0v) is 10.3. The highest BCUT2D eigenvalue weighted by molar-refractivity contribution is 5.72. The van der Waals surface area contributed by atoms with E-state index in [1.807, 2.05) is 0 Å². The van der Waals surface area contributed by atoms with Crippen molar-refractivity contribution in [2.24, 2.45) is 11.1 Å². The summed E-state index contributed by atoms with van der Waals surface area (Å²) in [7, 11) is 0. The smallest absolute Gasteiger partial charge is 0.314 e. The van der Waals surface area contributed by atoms with E-state index in [0.717, 1.165) is 38.9 Å². The number of nitrogens with one attached hydrogen (secondary N) is 1. The normalized spacial score (nSPS) is 23.7. The lowest BCUT2D eigenvalue weighted by molar-refractivity contribution is 0.181. The first-order valence-corrected chi connectivity index (χ1v) is 6.54. The Morgan fingerprint density at radius 1 is 1.41 bits per heavy atom. The molecule has 5 nitrogen and oxygen atoms in total. The number of aliphatic hydroxyl groups is 1. The van der Waals surface area contributed by atoms with Gasteiger partial charge in [0.05, 0.1) is 0 Å². The molecule has 1 aliphatic heterocycles. The van der Waals surface area contributed by atoms with Crippen molar-refractivity contribution >= 4 is 6.03 Å². The SMILES string of the molecule is NC(=O)N1CCC(NCC2(CCO)CC2)CC1. The highest BCUT2D eigenvalue weighted by Crippen LogP contribution is 2.48. The fraction of sp³-hybridized carbons (Fsp3) is 0.917. The van der Waals surface area contributed by atoms with Gasteiger partial charge in [-0.3, -0.25) is 0 Å². The number of urea groups is 1. The molecular formula is C12H23N3O2. The molecule has 1 saturated heterocycles. The number of primary amides is 1. The van der Waals surface area contributed by atoms with Gasteiger partial charge in [-0.25, -0.2) is 4.79 Å². The number of carbonyl (C=O) groups excluding carboxylic acids is 1. The van der Waals surface area contributed by atoms with Gasteiger partial charge in [0.1, 0.15) is 0 Å². The Morgan fingerprint density at radius 3 is 2.53 bits per heavy atom. The zero-order chi connectivity index (χ0) is 12.3. The molecule has 2 amide bonds. The zero-order valence-electron chi connectivity index (χ0n) is 10.3. The van der Waals surface area contributed by atoms with Gasteiger partial charge in [0.2, 0.25) is 0 Å². The van der Waals surface area contributed by atoms with E-state index in [0.29, 0.717) is 18.1 Å². The first-order chi connectivity index (χ1) is 8.15. The van der Waals surface area contributed by atoms with Crippen LogP contribution in [0.2, 0.25) is 0 Å². The largest absolute Gasteiger partial charge is 0.396 e. The quantitative estimate of drug-likeness (QED) is 0.647. The predicted molar refractivity (Wildman–Crippen MR) is 65.6 cm³/mol. The van der Waals surface area contributed by atoms with Crippen molar-refractivity contribution < 1.29 is 9.90 Å². The molecule has 1 saturated carbocycles. The van der Waals surface area contributed by atoms with Crippen molar-refractivity contribution in [3.8, 4) is 0 Å². The topological polar surface area (TPSA) is 78.6 Å². The number of hydrogen-bond acceptors (Lipinski definition) is 3. The molecule has 0 spiro atoms. The van der Waals surface area contributed by atoms with Crippen LogP contribution in [0.1, 0.15) is 32.1 Å². The van der Waals surface area contributed by atoms with Crippen LogP contribution < -0.4 is 11.1 Å². The monoisotopic (exact) mass is 241 g/mol. The summed E-state index contributed by atoms with van der Waals surface area (Å²) >= 11 is 0. The lowest BCUT2D eigenvalue weighted by Crippen LogP contribution is -2.47. The molecule has 98 valence electrons. The molecule has 0 atom stereocenters. The van der Waals surface area contributed by atoms with Crippen LogP contribution in [-0.2, 0) is 0 Å². The average molecular weight is 241 g/mol. The number of aliphatic hydroxyl groups excluding tert-OH is 1. The maximum absolute atomic E-state index is 11.0. The van der Waals surface area contributed by atoms with Gasteiger partial charge in [-0.05, 0) is 37.5 Å². The Kier molecular flexibility index (Phi) is 3.89. The number of hydrogen-bond donors (Lipinski definition) is 3. The summed E-state index contributed by atoms with van der Waals surface area (Å²) < 4.78 is 0. The number of amides is 2. The third-order valence-electron chi connectivity index (χ3n) is 4.17. The molecule has 0 aromatic carbocycles. The van der Waals surface area contributed by atoms with Crippen molar-refractivity contribution in [3.05, 3.63) is 0 Å². The van der Waals surface area contributed by atoms with E-state index in [9.17, 15) is 4.79 Å². The van der Waals surface area contributed by atoms with Gasteiger partial charge < -0.3 is 21.1 Å². The molecule has 2 fully saturated rings. The molecule has 4 N–H and O–H groups in total. The highest BCUT2D eigenvalue weighted by Gasteiger charge is 2.41. The summed E-state index contributed by atoms with van der Waals surface area (Å²) in [5.74, 6) is 0. The molecule has 0 bridgehead atoms. The molecule has 5 heteroatoms. The average Bonchev–Trinajstić information content (AvgIpc) is 3.08. The summed E-state index contributed by atoms with van der Waals surface area (Å²) in [6.07, 6.45) is 5.36. The maximum Gasteiger partial charge on any atom is 0.314 e. The molecule has 2 aliphatic rings. The number of rotatable bonds is 5. The van der Waals surface area contributed by atoms with Crippen molar-refractivity contribution in [1.82, 2.24) is 10.2 Å². The van der Waals surface area contributed by atoms with E-state index in [-0.39, 0.29) is 6.03 Å². The van der Waals surface area contributed by atoms with Gasteiger partial charge in [0.25, 0.3) is 0 Å². The molecule has 0 aromatic heterocycles. The van der Waals surface area contributed by atoms with Crippen LogP contribution in [0.4, 0.5) is 4.79 Å². The lowest BCUT2D eigenvalue weighted by atomic mass is 10.0. The second-order valence-electron chi connectivity index (χ2n) is 5.45. The van der Waals surface area contributed by atoms with Crippen LogP contribution in [0.15, 0.2) is 0 Å². The van der Waals surface area contributed by atoms with Crippen LogP contribution in [0.3, 0.4) is 0 Å². The van der Waals surface area contributed by atoms with E-state index >= 15 is 0 Å². The lowest BCUT2D eigenvalue weighted by Gasteiger charge is -2.32. The summed E-state index contributed by atoms with van der Waals surface area (Å²) in [5, 5.41) is 12.6. The minimum absolute atomic E-state index is 0.293. The Bertz CT molecular complexity index is 271.